The number of nitrogens with one attached hydrogen (secondary N) is 1. The Bertz CT molecular complexity index is 1070. The number of aromatic nitrogens is 3. The van der Waals surface area contributed by atoms with Gasteiger partial charge in [0.15, 0.2) is 5.03 Å². The van der Waals surface area contributed by atoms with Crippen molar-refractivity contribution in [2.24, 2.45) is 7.05 Å². The largest absolute Gasteiger partial charge is 0.339 e. The number of rotatable bonds is 6. The average molecular weight is 415 g/mol. The lowest BCUT2D eigenvalue weighted by Gasteiger charge is -2.20. The van der Waals surface area contributed by atoms with Crippen molar-refractivity contribution in [3.8, 4) is 0 Å². The zero-order valence-electron chi connectivity index (χ0n) is 15.9. The van der Waals surface area contributed by atoms with E-state index in [-0.39, 0.29) is 22.8 Å². The molecule has 2 atom stereocenters. The molecule has 1 saturated heterocycles. The highest BCUT2D eigenvalue weighted by Gasteiger charge is 2.40. The minimum absolute atomic E-state index is 0.0308. The van der Waals surface area contributed by atoms with Crippen LogP contribution in [0.1, 0.15) is 17.2 Å². The van der Waals surface area contributed by atoms with Crippen LogP contribution in [0.2, 0.25) is 0 Å². The van der Waals surface area contributed by atoms with Gasteiger partial charge in [-0.2, -0.15) is 4.31 Å². The van der Waals surface area contributed by atoms with Crippen molar-refractivity contribution in [2.45, 2.75) is 23.5 Å². The molecule has 0 amide bonds. The number of pyridine rings is 1. The Labute approximate surface area is 169 Å². The highest BCUT2D eigenvalue weighted by atomic mass is 32.2. The van der Waals surface area contributed by atoms with E-state index >= 15 is 0 Å². The van der Waals surface area contributed by atoms with Crippen LogP contribution in [0.4, 0.5) is 4.39 Å². The third kappa shape index (κ3) is 4.21. The second-order valence-electron chi connectivity index (χ2n) is 7.17. The van der Waals surface area contributed by atoms with Crippen LogP contribution in [0, 0.1) is 5.82 Å². The zero-order valence-corrected chi connectivity index (χ0v) is 16.8. The summed E-state index contributed by atoms with van der Waals surface area (Å²) in [5, 5.41) is 3.46. The summed E-state index contributed by atoms with van der Waals surface area (Å²) in [6.45, 7) is 1.11. The molecule has 1 aliphatic rings. The van der Waals surface area contributed by atoms with Gasteiger partial charge >= 0.3 is 0 Å². The molecule has 1 fully saturated rings. The fraction of sp³-hybridized carbons (Fsp3) is 0.300. The van der Waals surface area contributed by atoms with Gasteiger partial charge in [0.05, 0.1) is 12.0 Å². The van der Waals surface area contributed by atoms with Crippen molar-refractivity contribution in [2.75, 3.05) is 13.1 Å². The quantitative estimate of drug-likeness (QED) is 0.665. The first-order chi connectivity index (χ1) is 13.9. The second-order valence-corrected chi connectivity index (χ2v) is 9.05. The van der Waals surface area contributed by atoms with Gasteiger partial charge < -0.3 is 9.88 Å². The second kappa shape index (κ2) is 8.02. The van der Waals surface area contributed by atoms with E-state index in [0.29, 0.717) is 19.6 Å². The predicted octanol–water partition coefficient (Wildman–Crippen LogP) is 1.90. The molecule has 3 heterocycles. The maximum atomic E-state index is 13.4. The van der Waals surface area contributed by atoms with E-state index in [9.17, 15) is 12.8 Å². The van der Waals surface area contributed by atoms with Gasteiger partial charge in [0.2, 0.25) is 0 Å². The molecule has 0 radical (unpaired) electrons. The Morgan fingerprint density at radius 3 is 2.59 bits per heavy atom. The van der Waals surface area contributed by atoms with Crippen molar-refractivity contribution in [3.05, 3.63) is 78.3 Å². The number of hydrogen-bond donors (Lipinski definition) is 1. The molecule has 0 saturated carbocycles. The van der Waals surface area contributed by atoms with E-state index < -0.39 is 10.0 Å². The third-order valence-electron chi connectivity index (χ3n) is 5.14. The van der Waals surface area contributed by atoms with Crippen LogP contribution in [-0.2, 0) is 23.6 Å². The predicted molar refractivity (Wildman–Crippen MR) is 106 cm³/mol. The summed E-state index contributed by atoms with van der Waals surface area (Å²) in [5.41, 5.74) is 1.76. The number of sulfonamides is 1. The smallest absolute Gasteiger partial charge is 0.262 e. The minimum Gasteiger partial charge on any atom is -0.339 e. The maximum absolute atomic E-state index is 13.4. The van der Waals surface area contributed by atoms with E-state index in [2.05, 4.69) is 15.3 Å². The Balaban J connectivity index is 1.59. The summed E-state index contributed by atoms with van der Waals surface area (Å²) in [6, 6.07) is 11.8. The summed E-state index contributed by atoms with van der Waals surface area (Å²) in [5.74, 6) is -0.430. The minimum atomic E-state index is -3.71. The summed E-state index contributed by atoms with van der Waals surface area (Å²) in [6.07, 6.45) is 4.69. The summed E-state index contributed by atoms with van der Waals surface area (Å²) < 4.78 is 42.5. The van der Waals surface area contributed by atoms with E-state index in [0.717, 1.165) is 11.3 Å². The third-order valence-corrected chi connectivity index (χ3v) is 6.86. The zero-order chi connectivity index (χ0) is 20.4. The van der Waals surface area contributed by atoms with Crippen molar-refractivity contribution in [1.82, 2.24) is 24.2 Å². The molecule has 7 nitrogen and oxygen atoms in total. The first-order valence-electron chi connectivity index (χ1n) is 9.30. The number of imidazole rings is 1. The standard InChI is InChI=1S/C20H22FN5O2S/c1-25-13-20(24-14-25)29(27,28)26-11-18(15-5-7-16(21)8-6-15)19(12-26)23-10-17-4-2-3-9-22-17/h2-9,13-14,18-19,23H,10-12H2,1H3/t18-,19+/m0/s1. The van der Waals surface area contributed by atoms with Gasteiger partial charge in [-0.3, -0.25) is 4.98 Å². The van der Waals surface area contributed by atoms with Gasteiger partial charge in [0.1, 0.15) is 5.82 Å². The Hall–Kier alpha value is -2.62. The first kappa shape index (κ1) is 19.7. The average Bonchev–Trinajstić information content (AvgIpc) is 3.35. The fourth-order valence-corrected chi connectivity index (χ4v) is 5.07. The normalized spacial score (nSPS) is 20.2. The molecule has 29 heavy (non-hydrogen) atoms. The van der Waals surface area contributed by atoms with Gasteiger partial charge in [0.25, 0.3) is 10.0 Å². The number of benzene rings is 1. The first-order valence-corrected chi connectivity index (χ1v) is 10.7. The van der Waals surface area contributed by atoms with E-state index in [1.807, 2.05) is 18.2 Å². The van der Waals surface area contributed by atoms with Crippen LogP contribution in [0.25, 0.3) is 0 Å². The van der Waals surface area contributed by atoms with Crippen LogP contribution < -0.4 is 5.32 Å². The van der Waals surface area contributed by atoms with E-state index in [4.69, 9.17) is 0 Å². The molecule has 1 aliphatic heterocycles. The van der Waals surface area contributed by atoms with Crippen molar-refractivity contribution >= 4 is 10.0 Å². The molecule has 0 bridgehead atoms. The van der Waals surface area contributed by atoms with Gasteiger partial charge in [0, 0.05) is 51.0 Å². The number of halogens is 1. The SMILES string of the molecule is Cn1cnc(S(=O)(=O)N2C[C@@H](NCc3ccccn3)[C@H](c3ccc(F)cc3)C2)c1. The summed E-state index contributed by atoms with van der Waals surface area (Å²) in [7, 11) is -1.98. The van der Waals surface area contributed by atoms with E-state index in [1.54, 1.807) is 29.9 Å². The highest BCUT2D eigenvalue weighted by molar-refractivity contribution is 7.89. The summed E-state index contributed by atoms with van der Waals surface area (Å²) >= 11 is 0. The molecule has 4 rings (SSSR count). The van der Waals surface area contributed by atoms with Crippen LogP contribution in [0.15, 0.2) is 66.2 Å². The van der Waals surface area contributed by atoms with Gasteiger partial charge in [-0.25, -0.2) is 17.8 Å². The van der Waals surface area contributed by atoms with Crippen molar-refractivity contribution in [1.29, 1.82) is 0 Å². The topological polar surface area (TPSA) is 80.1 Å². The Morgan fingerprint density at radius 1 is 1.14 bits per heavy atom. The maximum Gasteiger partial charge on any atom is 0.262 e. The number of nitrogens with zero attached hydrogens (tertiary/aromatic N) is 4. The molecule has 3 aromatic rings. The Kier molecular flexibility index (Phi) is 5.44. The molecule has 9 heteroatoms. The van der Waals surface area contributed by atoms with Crippen LogP contribution in [-0.4, -0.2) is 46.4 Å². The van der Waals surface area contributed by atoms with Crippen molar-refractivity contribution < 1.29 is 12.8 Å². The van der Waals surface area contributed by atoms with E-state index in [1.165, 1.54) is 29.0 Å². The molecule has 1 N–H and O–H groups in total. The van der Waals surface area contributed by atoms with Gasteiger partial charge in [-0.15, -0.1) is 0 Å². The lowest BCUT2D eigenvalue weighted by Crippen LogP contribution is -2.36. The lowest BCUT2D eigenvalue weighted by molar-refractivity contribution is 0.453. The Morgan fingerprint density at radius 2 is 1.93 bits per heavy atom. The molecule has 0 spiro atoms. The van der Waals surface area contributed by atoms with Crippen LogP contribution in [0.3, 0.4) is 0 Å². The monoisotopic (exact) mass is 415 g/mol. The molecule has 1 aromatic carbocycles. The lowest BCUT2D eigenvalue weighted by atomic mass is 9.94. The highest BCUT2D eigenvalue weighted by Crippen LogP contribution is 2.31. The molecular formula is C20H22FN5O2S. The fourth-order valence-electron chi connectivity index (χ4n) is 3.61. The number of hydrogen-bond acceptors (Lipinski definition) is 5. The molecule has 0 aliphatic carbocycles. The number of aryl methyl sites for hydroxylation is 1. The molecular weight excluding hydrogens is 393 g/mol. The molecule has 2 aromatic heterocycles. The molecule has 0 unspecified atom stereocenters. The van der Waals surface area contributed by atoms with Crippen LogP contribution >= 0.6 is 0 Å². The molecule has 152 valence electrons. The van der Waals surface area contributed by atoms with Crippen LogP contribution in [0.5, 0.6) is 0 Å². The summed E-state index contributed by atoms with van der Waals surface area (Å²) in [4.78, 5) is 8.32. The van der Waals surface area contributed by atoms with Gasteiger partial charge in [-0.1, -0.05) is 18.2 Å². The van der Waals surface area contributed by atoms with Gasteiger partial charge in [-0.05, 0) is 29.8 Å². The van der Waals surface area contributed by atoms with Crippen molar-refractivity contribution in [3.63, 3.8) is 0 Å².